The van der Waals surface area contributed by atoms with Gasteiger partial charge in [-0.25, -0.2) is 19.2 Å². The molecule has 0 aromatic heterocycles. The van der Waals surface area contributed by atoms with Crippen molar-refractivity contribution in [3.05, 3.63) is 24.3 Å². The number of epoxide rings is 1. The van der Waals surface area contributed by atoms with Gasteiger partial charge < -0.3 is 19.7 Å². The molecule has 0 aromatic carbocycles. The largest absolute Gasteiger partial charge is 0.478 e. The number of ether oxygens (including phenoxy) is 2. The summed E-state index contributed by atoms with van der Waals surface area (Å²) >= 11 is 0. The zero-order valence-corrected chi connectivity index (χ0v) is 9.07. The molecular weight excluding hydrogens is 248 g/mol. The van der Waals surface area contributed by atoms with Gasteiger partial charge in [-0.05, 0) is 0 Å². The third-order valence-corrected chi connectivity index (χ3v) is 1.13. The maximum Gasteiger partial charge on any atom is 0.338 e. The Bertz CT molecular complexity index is 356. The molecule has 0 spiro atoms. The van der Waals surface area contributed by atoms with E-state index in [0.29, 0.717) is 12.2 Å². The number of carboxylic acid groups (broad SMARTS) is 2. The zero-order valence-electron chi connectivity index (χ0n) is 9.07. The van der Waals surface area contributed by atoms with E-state index in [9.17, 15) is 19.2 Å². The summed E-state index contributed by atoms with van der Waals surface area (Å²) in [6.45, 7) is 2.00. The predicted octanol–water partition coefficient (Wildman–Crippen LogP) is -0.646. The number of carbonyl (C=O) groups is 4. The molecule has 0 atom stereocenters. The monoisotopic (exact) mass is 258 g/mol. The van der Waals surface area contributed by atoms with Crippen molar-refractivity contribution in [3.63, 3.8) is 0 Å². The SMILES string of the molecule is C1CO1.O=C(O)C=CC(=O)O.O=C1C=CC(=O)O1. The van der Waals surface area contributed by atoms with Gasteiger partial charge in [0, 0.05) is 24.3 Å². The Morgan fingerprint density at radius 1 is 1.00 bits per heavy atom. The van der Waals surface area contributed by atoms with E-state index in [1.54, 1.807) is 0 Å². The van der Waals surface area contributed by atoms with Gasteiger partial charge in [-0.1, -0.05) is 0 Å². The van der Waals surface area contributed by atoms with Crippen LogP contribution in [0.1, 0.15) is 0 Å². The van der Waals surface area contributed by atoms with Gasteiger partial charge in [0.25, 0.3) is 0 Å². The molecular formula is C10H10O8. The molecule has 2 aliphatic rings. The number of aliphatic carboxylic acids is 2. The Hall–Kier alpha value is -2.48. The Morgan fingerprint density at radius 2 is 1.33 bits per heavy atom. The summed E-state index contributed by atoms with van der Waals surface area (Å²) in [5.74, 6) is -3.67. The summed E-state index contributed by atoms with van der Waals surface area (Å²) < 4.78 is 8.47. The number of hydrogen-bond acceptors (Lipinski definition) is 6. The van der Waals surface area contributed by atoms with E-state index in [0.717, 1.165) is 25.4 Å². The number of hydrogen-bond donors (Lipinski definition) is 2. The van der Waals surface area contributed by atoms with E-state index >= 15 is 0 Å². The molecule has 8 heteroatoms. The molecule has 0 unspecified atom stereocenters. The zero-order chi connectivity index (χ0) is 14.0. The van der Waals surface area contributed by atoms with Crippen molar-refractivity contribution in [1.82, 2.24) is 0 Å². The molecule has 1 saturated heterocycles. The van der Waals surface area contributed by atoms with Gasteiger partial charge in [-0.2, -0.15) is 0 Å². The van der Waals surface area contributed by atoms with Gasteiger partial charge in [0.05, 0.1) is 13.2 Å². The molecule has 0 amide bonds. The molecule has 18 heavy (non-hydrogen) atoms. The van der Waals surface area contributed by atoms with Crippen molar-refractivity contribution in [2.24, 2.45) is 0 Å². The molecule has 2 rings (SSSR count). The minimum absolute atomic E-state index is 0.558. The standard InChI is InChI=1S/C4H4O4.C4H2O3.C2H4O/c5-3(6)1-2-4(7)8;5-3-1-2-4(6)7-3;1-2-3-1/h1-2H,(H,5,6)(H,7,8);1-2H;1-2H2. The Balaban J connectivity index is 0.000000261. The lowest BCUT2D eigenvalue weighted by atomic mass is 10.5. The van der Waals surface area contributed by atoms with Crippen LogP contribution in [0.5, 0.6) is 0 Å². The lowest BCUT2D eigenvalue weighted by Gasteiger charge is -1.80. The Kier molecular flexibility index (Phi) is 7.46. The van der Waals surface area contributed by atoms with E-state index in [-0.39, 0.29) is 0 Å². The molecule has 2 N–H and O–H groups in total. The molecule has 0 saturated carbocycles. The number of carbonyl (C=O) groups excluding carboxylic acids is 2. The van der Waals surface area contributed by atoms with Crippen molar-refractivity contribution in [3.8, 4) is 0 Å². The van der Waals surface area contributed by atoms with Gasteiger partial charge in [-0.15, -0.1) is 0 Å². The number of esters is 2. The molecule has 0 aromatic rings. The predicted molar refractivity (Wildman–Crippen MR) is 55.5 cm³/mol. The van der Waals surface area contributed by atoms with Crippen LogP contribution in [0.3, 0.4) is 0 Å². The smallest absolute Gasteiger partial charge is 0.338 e. The van der Waals surface area contributed by atoms with Gasteiger partial charge in [-0.3, -0.25) is 0 Å². The summed E-state index contributed by atoms with van der Waals surface area (Å²) in [6.07, 6.45) is 3.29. The normalized spacial score (nSPS) is 15.1. The molecule has 1 fully saturated rings. The Labute approximate surface area is 101 Å². The molecule has 98 valence electrons. The highest BCUT2D eigenvalue weighted by molar-refractivity contribution is 6.04. The van der Waals surface area contributed by atoms with Crippen LogP contribution in [0.2, 0.25) is 0 Å². The third-order valence-electron chi connectivity index (χ3n) is 1.13. The van der Waals surface area contributed by atoms with Crippen molar-refractivity contribution >= 4 is 23.9 Å². The van der Waals surface area contributed by atoms with E-state index < -0.39 is 23.9 Å². The summed E-state index contributed by atoms with van der Waals surface area (Å²) in [4.78, 5) is 39.0. The molecule has 0 radical (unpaired) electrons. The van der Waals surface area contributed by atoms with E-state index in [4.69, 9.17) is 10.2 Å². The highest BCUT2D eigenvalue weighted by Gasteiger charge is 2.10. The minimum atomic E-state index is -1.26. The highest BCUT2D eigenvalue weighted by Crippen LogP contribution is 1.92. The number of carboxylic acids is 2. The molecule has 2 heterocycles. The second-order valence-electron chi connectivity index (χ2n) is 2.70. The quantitative estimate of drug-likeness (QED) is 0.289. The van der Waals surface area contributed by atoms with Crippen LogP contribution in [0, 0.1) is 0 Å². The van der Waals surface area contributed by atoms with E-state index in [2.05, 4.69) is 9.47 Å². The first-order valence-corrected chi connectivity index (χ1v) is 4.57. The molecule has 8 nitrogen and oxygen atoms in total. The van der Waals surface area contributed by atoms with Crippen LogP contribution >= 0.6 is 0 Å². The van der Waals surface area contributed by atoms with Gasteiger partial charge in [0.2, 0.25) is 0 Å². The summed E-state index contributed by atoms with van der Waals surface area (Å²) in [5, 5.41) is 15.6. The average molecular weight is 258 g/mol. The summed E-state index contributed by atoms with van der Waals surface area (Å²) in [6, 6.07) is 0. The van der Waals surface area contributed by atoms with Gasteiger partial charge in [0.15, 0.2) is 0 Å². The van der Waals surface area contributed by atoms with Crippen LogP contribution in [0.4, 0.5) is 0 Å². The average Bonchev–Trinajstić information content (AvgIpc) is 3.09. The van der Waals surface area contributed by atoms with Crippen LogP contribution in [0.25, 0.3) is 0 Å². The van der Waals surface area contributed by atoms with Crippen molar-refractivity contribution in [2.45, 2.75) is 0 Å². The van der Waals surface area contributed by atoms with Crippen molar-refractivity contribution in [2.75, 3.05) is 13.2 Å². The molecule has 0 aliphatic carbocycles. The van der Waals surface area contributed by atoms with Crippen molar-refractivity contribution in [1.29, 1.82) is 0 Å². The maximum atomic E-state index is 9.92. The van der Waals surface area contributed by atoms with Crippen LogP contribution in [-0.2, 0) is 28.7 Å². The fourth-order valence-electron chi connectivity index (χ4n) is 0.446. The molecule has 0 bridgehead atoms. The van der Waals surface area contributed by atoms with E-state index in [1.807, 2.05) is 0 Å². The van der Waals surface area contributed by atoms with Crippen molar-refractivity contribution < 1.29 is 38.9 Å². The second-order valence-corrected chi connectivity index (χ2v) is 2.70. The fraction of sp³-hybridized carbons (Fsp3) is 0.200. The molecule has 2 aliphatic heterocycles. The number of rotatable bonds is 2. The summed E-state index contributed by atoms with van der Waals surface area (Å²) in [7, 11) is 0. The summed E-state index contributed by atoms with van der Waals surface area (Å²) in [5.41, 5.74) is 0. The lowest BCUT2D eigenvalue weighted by Crippen LogP contribution is -1.96. The van der Waals surface area contributed by atoms with Gasteiger partial charge >= 0.3 is 23.9 Å². The Morgan fingerprint density at radius 3 is 1.44 bits per heavy atom. The van der Waals surface area contributed by atoms with Crippen LogP contribution in [-0.4, -0.2) is 47.3 Å². The van der Waals surface area contributed by atoms with E-state index in [1.165, 1.54) is 0 Å². The van der Waals surface area contributed by atoms with Gasteiger partial charge in [0.1, 0.15) is 0 Å². The first-order valence-electron chi connectivity index (χ1n) is 4.57. The minimum Gasteiger partial charge on any atom is -0.478 e. The lowest BCUT2D eigenvalue weighted by molar-refractivity contribution is -0.150. The third kappa shape index (κ3) is 13.5. The topological polar surface area (TPSA) is 130 Å². The maximum absolute atomic E-state index is 9.92. The van der Waals surface area contributed by atoms with Crippen LogP contribution < -0.4 is 0 Å². The second kappa shape index (κ2) is 8.65. The number of cyclic esters (lactones) is 2. The first-order chi connectivity index (χ1) is 8.41. The fourth-order valence-corrected chi connectivity index (χ4v) is 0.446. The highest BCUT2D eigenvalue weighted by atomic mass is 16.6. The first kappa shape index (κ1) is 15.5. The van der Waals surface area contributed by atoms with Crippen LogP contribution in [0.15, 0.2) is 24.3 Å².